The third-order valence-corrected chi connectivity index (χ3v) is 6.33. The Labute approximate surface area is 140 Å². The van der Waals surface area contributed by atoms with Gasteiger partial charge >= 0.3 is 0 Å². The molecule has 0 atom stereocenters. The molecule has 4 rings (SSSR count). The van der Waals surface area contributed by atoms with Crippen molar-refractivity contribution in [3.63, 3.8) is 0 Å². The number of piperazine rings is 1. The smallest absolute Gasteiger partial charge is 0.0897 e. The van der Waals surface area contributed by atoms with Crippen molar-refractivity contribution in [3.05, 3.63) is 29.8 Å². The predicted molar refractivity (Wildman–Crippen MR) is 94.8 cm³/mol. The fraction of sp³-hybridized carbons (Fsp3) is 0.700. The van der Waals surface area contributed by atoms with E-state index in [-0.39, 0.29) is 0 Å². The summed E-state index contributed by atoms with van der Waals surface area (Å²) in [6, 6.07) is 9.60. The highest BCUT2D eigenvalue weighted by Crippen LogP contribution is 2.38. The van der Waals surface area contributed by atoms with Gasteiger partial charge < -0.3 is 10.0 Å². The lowest BCUT2D eigenvalue weighted by molar-refractivity contribution is -0.000604. The van der Waals surface area contributed by atoms with E-state index in [4.69, 9.17) is 0 Å². The van der Waals surface area contributed by atoms with Gasteiger partial charge in [0, 0.05) is 37.9 Å². The van der Waals surface area contributed by atoms with E-state index >= 15 is 0 Å². The molecule has 0 amide bonds. The SMILES string of the molecule is OC1(c2cccc(N3CCN(C4CCC4)CC3)c2)CCCCC1. The maximum Gasteiger partial charge on any atom is 0.0897 e. The van der Waals surface area contributed by atoms with Gasteiger partial charge in [-0.05, 0) is 43.4 Å². The zero-order valence-electron chi connectivity index (χ0n) is 14.2. The molecule has 1 heterocycles. The van der Waals surface area contributed by atoms with Crippen LogP contribution in [0.15, 0.2) is 24.3 Å². The summed E-state index contributed by atoms with van der Waals surface area (Å²) in [6.45, 7) is 4.63. The molecule has 1 aromatic carbocycles. The number of hydrogen-bond acceptors (Lipinski definition) is 3. The van der Waals surface area contributed by atoms with Crippen molar-refractivity contribution in [1.82, 2.24) is 4.90 Å². The van der Waals surface area contributed by atoms with Crippen LogP contribution in [0, 0.1) is 0 Å². The summed E-state index contributed by atoms with van der Waals surface area (Å²) in [5, 5.41) is 11.0. The van der Waals surface area contributed by atoms with Gasteiger partial charge in [0.1, 0.15) is 0 Å². The summed E-state index contributed by atoms with van der Waals surface area (Å²) in [5.74, 6) is 0. The standard InChI is InChI=1S/C20H30N2O/c23-20(10-2-1-3-11-20)17-6-4-9-19(16-17)22-14-12-21(13-15-22)18-7-5-8-18/h4,6,9,16,18,23H,1-3,5,7-8,10-15H2. The Morgan fingerprint density at radius 3 is 2.30 bits per heavy atom. The lowest BCUT2D eigenvalue weighted by Crippen LogP contribution is -2.52. The second-order valence-electron chi connectivity index (χ2n) is 7.75. The highest BCUT2D eigenvalue weighted by molar-refractivity contribution is 5.50. The summed E-state index contributed by atoms with van der Waals surface area (Å²) in [7, 11) is 0. The second kappa shape index (κ2) is 6.45. The second-order valence-corrected chi connectivity index (χ2v) is 7.75. The summed E-state index contributed by atoms with van der Waals surface area (Å²) < 4.78 is 0. The van der Waals surface area contributed by atoms with Crippen molar-refractivity contribution in [2.24, 2.45) is 0 Å². The molecule has 3 nitrogen and oxygen atoms in total. The molecule has 0 radical (unpaired) electrons. The Morgan fingerprint density at radius 2 is 1.65 bits per heavy atom. The van der Waals surface area contributed by atoms with E-state index in [9.17, 15) is 5.11 Å². The number of anilines is 1. The molecule has 0 unspecified atom stereocenters. The fourth-order valence-electron chi connectivity index (χ4n) is 4.51. The molecule has 0 bridgehead atoms. The Balaban J connectivity index is 1.44. The normalized spacial score (nSPS) is 26.0. The van der Waals surface area contributed by atoms with Gasteiger partial charge in [-0.3, -0.25) is 4.90 Å². The Hall–Kier alpha value is -1.06. The van der Waals surface area contributed by atoms with E-state index in [1.54, 1.807) is 0 Å². The molecule has 1 saturated heterocycles. The highest BCUT2D eigenvalue weighted by Gasteiger charge is 2.32. The van der Waals surface area contributed by atoms with Crippen molar-refractivity contribution >= 4 is 5.69 Å². The van der Waals surface area contributed by atoms with Crippen LogP contribution in [-0.4, -0.2) is 42.2 Å². The van der Waals surface area contributed by atoms with Crippen molar-refractivity contribution in [2.75, 3.05) is 31.1 Å². The molecule has 3 aliphatic rings. The van der Waals surface area contributed by atoms with Crippen LogP contribution in [0.3, 0.4) is 0 Å². The average molecular weight is 314 g/mol. The molecule has 0 spiro atoms. The largest absolute Gasteiger partial charge is 0.385 e. The van der Waals surface area contributed by atoms with Gasteiger partial charge in [0.05, 0.1) is 5.60 Å². The average Bonchev–Trinajstić information content (AvgIpc) is 2.55. The van der Waals surface area contributed by atoms with Crippen molar-refractivity contribution < 1.29 is 5.11 Å². The van der Waals surface area contributed by atoms with Gasteiger partial charge in [0.2, 0.25) is 0 Å². The van der Waals surface area contributed by atoms with Crippen molar-refractivity contribution in [3.8, 4) is 0 Å². The van der Waals surface area contributed by atoms with Gasteiger partial charge in [0.15, 0.2) is 0 Å². The summed E-state index contributed by atoms with van der Waals surface area (Å²) in [5.41, 5.74) is 1.85. The molecule has 126 valence electrons. The molecular formula is C20H30N2O. The number of hydrogen-bond donors (Lipinski definition) is 1. The zero-order chi connectivity index (χ0) is 15.7. The lowest BCUT2D eigenvalue weighted by Gasteiger charge is -2.43. The van der Waals surface area contributed by atoms with Crippen LogP contribution >= 0.6 is 0 Å². The maximum absolute atomic E-state index is 11.0. The third kappa shape index (κ3) is 3.14. The molecule has 23 heavy (non-hydrogen) atoms. The topological polar surface area (TPSA) is 26.7 Å². The van der Waals surface area contributed by atoms with E-state index in [0.29, 0.717) is 0 Å². The zero-order valence-corrected chi connectivity index (χ0v) is 14.2. The van der Waals surface area contributed by atoms with E-state index in [2.05, 4.69) is 34.1 Å². The Bertz CT molecular complexity index is 526. The van der Waals surface area contributed by atoms with Crippen LogP contribution in [0.25, 0.3) is 0 Å². The molecule has 3 fully saturated rings. The van der Waals surface area contributed by atoms with Crippen LogP contribution < -0.4 is 4.90 Å². The minimum Gasteiger partial charge on any atom is -0.385 e. The van der Waals surface area contributed by atoms with E-state index in [1.807, 2.05) is 0 Å². The van der Waals surface area contributed by atoms with Gasteiger partial charge in [0.25, 0.3) is 0 Å². The molecule has 1 aromatic rings. The number of aliphatic hydroxyl groups is 1. The molecule has 3 heteroatoms. The molecular weight excluding hydrogens is 284 g/mol. The first-order chi connectivity index (χ1) is 11.2. The van der Waals surface area contributed by atoms with Crippen LogP contribution in [-0.2, 0) is 5.60 Å². The van der Waals surface area contributed by atoms with Crippen molar-refractivity contribution in [2.45, 2.75) is 63.0 Å². The van der Waals surface area contributed by atoms with Crippen molar-refractivity contribution in [1.29, 1.82) is 0 Å². The van der Waals surface area contributed by atoms with Crippen LogP contribution in [0.2, 0.25) is 0 Å². The first-order valence-corrected chi connectivity index (χ1v) is 9.57. The van der Waals surface area contributed by atoms with Crippen LogP contribution in [0.5, 0.6) is 0 Å². The van der Waals surface area contributed by atoms with Gasteiger partial charge in [-0.25, -0.2) is 0 Å². The fourth-order valence-corrected chi connectivity index (χ4v) is 4.51. The molecule has 2 aliphatic carbocycles. The monoisotopic (exact) mass is 314 g/mol. The van der Waals surface area contributed by atoms with Crippen LogP contribution in [0.4, 0.5) is 5.69 Å². The van der Waals surface area contributed by atoms with Gasteiger partial charge in [-0.1, -0.05) is 37.8 Å². The number of nitrogens with zero attached hydrogens (tertiary/aromatic N) is 2. The van der Waals surface area contributed by atoms with Gasteiger partial charge in [-0.15, -0.1) is 0 Å². The highest BCUT2D eigenvalue weighted by atomic mass is 16.3. The molecule has 1 N–H and O–H groups in total. The van der Waals surface area contributed by atoms with Gasteiger partial charge in [-0.2, -0.15) is 0 Å². The van der Waals surface area contributed by atoms with E-state index in [0.717, 1.165) is 50.4 Å². The van der Waals surface area contributed by atoms with E-state index in [1.165, 1.54) is 44.5 Å². The Morgan fingerprint density at radius 1 is 0.913 bits per heavy atom. The molecule has 2 saturated carbocycles. The van der Waals surface area contributed by atoms with Crippen LogP contribution in [0.1, 0.15) is 56.9 Å². The first-order valence-electron chi connectivity index (χ1n) is 9.57. The quantitative estimate of drug-likeness (QED) is 0.925. The minimum absolute atomic E-state index is 0.581. The summed E-state index contributed by atoms with van der Waals surface area (Å²) in [4.78, 5) is 5.18. The summed E-state index contributed by atoms with van der Waals surface area (Å²) >= 11 is 0. The van der Waals surface area contributed by atoms with E-state index < -0.39 is 5.60 Å². The summed E-state index contributed by atoms with van der Waals surface area (Å²) in [6.07, 6.45) is 9.65. The minimum atomic E-state index is -0.581. The molecule has 0 aromatic heterocycles. The Kier molecular flexibility index (Phi) is 4.33. The maximum atomic E-state index is 11.0. The third-order valence-electron chi connectivity index (χ3n) is 6.33. The number of rotatable bonds is 3. The number of benzene rings is 1. The molecule has 1 aliphatic heterocycles. The predicted octanol–water partition coefficient (Wildman–Crippen LogP) is 3.51. The lowest BCUT2D eigenvalue weighted by atomic mass is 9.79. The first kappa shape index (κ1) is 15.5.